The number of urea groups is 1. The third kappa shape index (κ3) is 2.28. The van der Waals surface area contributed by atoms with E-state index in [1.807, 2.05) is 20.8 Å². The molecule has 1 aromatic heterocycles. The monoisotopic (exact) mass is 264 g/mol. The van der Waals surface area contributed by atoms with Crippen LogP contribution in [0.4, 0.5) is 10.6 Å². The quantitative estimate of drug-likeness (QED) is 0.831. The highest BCUT2D eigenvalue weighted by Crippen LogP contribution is 2.28. The molecule has 1 saturated heterocycles. The minimum Gasteiger partial charge on any atom is -0.371 e. The van der Waals surface area contributed by atoms with Crippen LogP contribution in [0.2, 0.25) is 0 Å². The SMILES string of the molecule is CC1C(O)N(c2cc(C(C)(C)C)ncn2)C(=O)N1C. The van der Waals surface area contributed by atoms with Crippen LogP contribution in [0.25, 0.3) is 0 Å². The summed E-state index contributed by atoms with van der Waals surface area (Å²) in [7, 11) is 1.67. The lowest BCUT2D eigenvalue weighted by Crippen LogP contribution is -2.36. The number of nitrogens with zero attached hydrogens (tertiary/aromatic N) is 4. The highest BCUT2D eigenvalue weighted by atomic mass is 16.3. The summed E-state index contributed by atoms with van der Waals surface area (Å²) >= 11 is 0. The molecule has 0 aromatic carbocycles. The van der Waals surface area contributed by atoms with Crippen molar-refractivity contribution in [3.63, 3.8) is 0 Å². The molecular formula is C13H20N4O2. The van der Waals surface area contributed by atoms with E-state index in [2.05, 4.69) is 9.97 Å². The summed E-state index contributed by atoms with van der Waals surface area (Å²) in [5.74, 6) is 0.439. The summed E-state index contributed by atoms with van der Waals surface area (Å²) in [5.41, 5.74) is 0.697. The summed E-state index contributed by atoms with van der Waals surface area (Å²) in [4.78, 5) is 23.3. The van der Waals surface area contributed by atoms with Gasteiger partial charge in [0.05, 0.1) is 11.7 Å². The molecule has 2 rings (SSSR count). The molecule has 1 N–H and O–H groups in total. The largest absolute Gasteiger partial charge is 0.371 e. The number of hydrogen-bond donors (Lipinski definition) is 1. The molecule has 2 unspecified atom stereocenters. The summed E-state index contributed by atoms with van der Waals surface area (Å²) in [5, 5.41) is 10.1. The molecule has 2 heterocycles. The Balaban J connectivity index is 2.40. The number of aliphatic hydroxyl groups excluding tert-OH is 1. The highest BCUT2D eigenvalue weighted by Gasteiger charge is 2.42. The second-order valence-electron chi connectivity index (χ2n) is 5.93. The Kier molecular flexibility index (Phi) is 3.22. The van der Waals surface area contributed by atoms with E-state index >= 15 is 0 Å². The van der Waals surface area contributed by atoms with Crippen LogP contribution < -0.4 is 4.90 Å². The Hall–Kier alpha value is -1.69. The standard InChI is InChI=1S/C13H20N4O2/c1-8-11(18)17(12(19)16(8)5)10-6-9(13(2,3)4)14-7-15-10/h6-8,11,18H,1-5H3. The first-order chi connectivity index (χ1) is 8.73. The van der Waals surface area contributed by atoms with Crippen molar-refractivity contribution in [2.45, 2.75) is 45.4 Å². The molecule has 0 bridgehead atoms. The molecule has 1 aliphatic rings. The Labute approximate surface area is 113 Å². The van der Waals surface area contributed by atoms with Crippen molar-refractivity contribution in [3.05, 3.63) is 18.1 Å². The first-order valence-corrected chi connectivity index (χ1v) is 6.30. The molecule has 104 valence electrons. The summed E-state index contributed by atoms with van der Waals surface area (Å²) in [6.45, 7) is 7.91. The zero-order valence-electron chi connectivity index (χ0n) is 12.0. The third-order valence-electron chi connectivity index (χ3n) is 3.48. The Morgan fingerprint density at radius 1 is 1.32 bits per heavy atom. The van der Waals surface area contributed by atoms with Crippen LogP contribution >= 0.6 is 0 Å². The number of aliphatic hydroxyl groups is 1. The number of amides is 2. The van der Waals surface area contributed by atoms with Crippen molar-refractivity contribution in [2.75, 3.05) is 11.9 Å². The molecule has 0 spiro atoms. The molecule has 1 aliphatic heterocycles. The number of carbonyl (C=O) groups excluding carboxylic acids is 1. The third-order valence-corrected chi connectivity index (χ3v) is 3.48. The van der Waals surface area contributed by atoms with Gasteiger partial charge in [0.25, 0.3) is 0 Å². The fourth-order valence-corrected chi connectivity index (χ4v) is 2.00. The second kappa shape index (κ2) is 4.45. The maximum atomic E-state index is 12.1. The van der Waals surface area contributed by atoms with E-state index in [0.717, 1.165) is 5.69 Å². The van der Waals surface area contributed by atoms with Crippen molar-refractivity contribution >= 4 is 11.8 Å². The number of carbonyl (C=O) groups is 1. The first-order valence-electron chi connectivity index (χ1n) is 6.30. The van der Waals surface area contributed by atoms with Crippen LogP contribution in [0, 0.1) is 0 Å². The van der Waals surface area contributed by atoms with E-state index in [4.69, 9.17) is 0 Å². The normalized spacial score (nSPS) is 24.2. The molecule has 19 heavy (non-hydrogen) atoms. The number of aromatic nitrogens is 2. The Morgan fingerprint density at radius 3 is 2.42 bits per heavy atom. The van der Waals surface area contributed by atoms with E-state index in [1.165, 1.54) is 16.1 Å². The van der Waals surface area contributed by atoms with Gasteiger partial charge in [-0.05, 0) is 6.92 Å². The number of likely N-dealkylation sites (N-methyl/N-ethyl adjacent to an activating group) is 1. The maximum Gasteiger partial charge on any atom is 0.328 e. The van der Waals surface area contributed by atoms with Gasteiger partial charge in [0.15, 0.2) is 6.23 Å². The van der Waals surface area contributed by atoms with Crippen LogP contribution in [0.15, 0.2) is 12.4 Å². The minimum absolute atomic E-state index is 0.136. The number of anilines is 1. The van der Waals surface area contributed by atoms with Gasteiger partial charge in [-0.3, -0.25) is 0 Å². The van der Waals surface area contributed by atoms with Gasteiger partial charge >= 0.3 is 6.03 Å². The van der Waals surface area contributed by atoms with Crippen LogP contribution in [-0.4, -0.2) is 45.3 Å². The zero-order valence-corrected chi connectivity index (χ0v) is 12.0. The maximum absolute atomic E-state index is 12.1. The van der Waals surface area contributed by atoms with Crippen LogP contribution in [-0.2, 0) is 5.41 Å². The van der Waals surface area contributed by atoms with Gasteiger partial charge in [-0.1, -0.05) is 20.8 Å². The molecule has 1 fully saturated rings. The van der Waals surface area contributed by atoms with Crippen molar-refractivity contribution in [1.29, 1.82) is 0 Å². The van der Waals surface area contributed by atoms with E-state index in [0.29, 0.717) is 5.82 Å². The predicted octanol–water partition coefficient (Wildman–Crippen LogP) is 1.35. The van der Waals surface area contributed by atoms with Gasteiger partial charge in [-0.15, -0.1) is 0 Å². The lowest BCUT2D eigenvalue weighted by atomic mass is 9.92. The summed E-state index contributed by atoms with van der Waals surface area (Å²) in [6.07, 6.45) is 0.541. The summed E-state index contributed by atoms with van der Waals surface area (Å²) in [6, 6.07) is 1.24. The fourth-order valence-electron chi connectivity index (χ4n) is 2.00. The van der Waals surface area contributed by atoms with Gasteiger partial charge < -0.3 is 10.0 Å². The number of hydrogen-bond acceptors (Lipinski definition) is 4. The average Bonchev–Trinajstić information content (AvgIpc) is 2.53. The molecule has 6 nitrogen and oxygen atoms in total. The average molecular weight is 264 g/mol. The van der Waals surface area contributed by atoms with Gasteiger partial charge in [0, 0.05) is 18.5 Å². The number of rotatable bonds is 1. The Morgan fingerprint density at radius 2 is 1.95 bits per heavy atom. The lowest BCUT2D eigenvalue weighted by Gasteiger charge is -2.22. The van der Waals surface area contributed by atoms with Gasteiger partial charge in [-0.25, -0.2) is 19.7 Å². The predicted molar refractivity (Wildman–Crippen MR) is 71.8 cm³/mol. The van der Waals surface area contributed by atoms with Crippen molar-refractivity contribution in [3.8, 4) is 0 Å². The minimum atomic E-state index is -0.889. The van der Waals surface area contributed by atoms with Gasteiger partial charge in [0.1, 0.15) is 12.1 Å². The van der Waals surface area contributed by atoms with Crippen LogP contribution in [0.5, 0.6) is 0 Å². The van der Waals surface area contributed by atoms with Crippen molar-refractivity contribution in [2.24, 2.45) is 0 Å². The van der Waals surface area contributed by atoms with Gasteiger partial charge in [-0.2, -0.15) is 0 Å². The second-order valence-corrected chi connectivity index (χ2v) is 5.93. The molecule has 2 amide bonds. The molecule has 0 saturated carbocycles. The van der Waals surface area contributed by atoms with Gasteiger partial charge in [0.2, 0.25) is 0 Å². The van der Waals surface area contributed by atoms with E-state index in [-0.39, 0.29) is 17.5 Å². The van der Waals surface area contributed by atoms with Crippen molar-refractivity contribution in [1.82, 2.24) is 14.9 Å². The molecule has 0 aliphatic carbocycles. The highest BCUT2D eigenvalue weighted by molar-refractivity contribution is 5.94. The molecule has 0 radical (unpaired) electrons. The van der Waals surface area contributed by atoms with Crippen molar-refractivity contribution < 1.29 is 9.90 Å². The molecule has 2 atom stereocenters. The van der Waals surface area contributed by atoms with E-state index in [9.17, 15) is 9.90 Å². The van der Waals surface area contributed by atoms with E-state index in [1.54, 1.807) is 20.0 Å². The summed E-state index contributed by atoms with van der Waals surface area (Å²) < 4.78 is 0. The van der Waals surface area contributed by atoms with Crippen LogP contribution in [0.1, 0.15) is 33.4 Å². The topological polar surface area (TPSA) is 69.6 Å². The fraction of sp³-hybridized carbons (Fsp3) is 0.615. The Bertz CT molecular complexity index is 498. The first kappa shape index (κ1) is 13.7. The zero-order chi connectivity index (χ0) is 14.4. The molecule has 6 heteroatoms. The molecular weight excluding hydrogens is 244 g/mol. The van der Waals surface area contributed by atoms with E-state index < -0.39 is 6.23 Å². The lowest BCUT2D eigenvalue weighted by molar-refractivity contribution is 0.138. The molecule has 1 aromatic rings. The smallest absolute Gasteiger partial charge is 0.328 e. The van der Waals surface area contributed by atoms with Crippen LogP contribution in [0.3, 0.4) is 0 Å².